The highest BCUT2D eigenvalue weighted by atomic mass is 35.5. The number of hydrogen-bond acceptors (Lipinski definition) is 1. The van der Waals surface area contributed by atoms with Gasteiger partial charge in [-0.05, 0) is 46.9 Å². The molecule has 0 saturated carbocycles. The minimum absolute atomic E-state index is 0.202. The first-order chi connectivity index (χ1) is 10.8. The van der Waals surface area contributed by atoms with E-state index in [4.69, 9.17) is 11.6 Å². The summed E-state index contributed by atoms with van der Waals surface area (Å²) in [5.74, 6) is 0. The lowest BCUT2D eigenvalue weighted by atomic mass is 9.87. The van der Waals surface area contributed by atoms with E-state index in [9.17, 15) is 0 Å². The van der Waals surface area contributed by atoms with E-state index in [0.29, 0.717) is 0 Å². The van der Waals surface area contributed by atoms with Crippen LogP contribution in [0.25, 0.3) is 5.57 Å². The molecule has 0 N–H and O–H groups in total. The van der Waals surface area contributed by atoms with E-state index < -0.39 is 0 Å². The molecule has 23 heavy (non-hydrogen) atoms. The molecule has 122 valence electrons. The predicted octanol–water partition coefficient (Wildman–Crippen LogP) is 5.78. The maximum Gasteiger partial charge on any atom is 0.0406 e. The lowest BCUT2D eigenvalue weighted by Crippen LogP contribution is -2.20. The van der Waals surface area contributed by atoms with Crippen LogP contribution in [-0.2, 0) is 12.0 Å². The van der Waals surface area contributed by atoms with Crippen LogP contribution in [0.4, 0.5) is 0 Å². The van der Waals surface area contributed by atoms with E-state index >= 15 is 0 Å². The number of rotatable bonds is 5. The van der Waals surface area contributed by atoms with Gasteiger partial charge in [0.25, 0.3) is 0 Å². The summed E-state index contributed by atoms with van der Waals surface area (Å²) in [4.78, 5) is 2.28. The van der Waals surface area contributed by atoms with Crippen molar-refractivity contribution in [2.45, 2.75) is 32.7 Å². The molecule has 0 aliphatic heterocycles. The molecule has 2 rings (SSSR count). The Hall–Kier alpha value is -1.57. The fraction of sp³-hybridized carbons (Fsp3) is 0.333. The monoisotopic (exact) mass is 327 g/mol. The third-order valence-corrected chi connectivity index (χ3v) is 4.24. The van der Waals surface area contributed by atoms with Crippen molar-refractivity contribution < 1.29 is 0 Å². The minimum atomic E-state index is 0.202. The van der Waals surface area contributed by atoms with E-state index in [1.807, 2.05) is 24.3 Å². The Morgan fingerprint density at radius 2 is 1.57 bits per heavy atom. The maximum atomic E-state index is 5.93. The molecule has 1 nitrogen and oxygen atoms in total. The van der Waals surface area contributed by atoms with Crippen molar-refractivity contribution in [2.24, 2.45) is 0 Å². The Balaban J connectivity index is 1.95. The van der Waals surface area contributed by atoms with Gasteiger partial charge in [-0.2, -0.15) is 0 Å². The predicted molar refractivity (Wildman–Crippen MR) is 102 cm³/mol. The lowest BCUT2D eigenvalue weighted by molar-refractivity contribution is 0.369. The number of hydrogen-bond donors (Lipinski definition) is 0. The summed E-state index contributed by atoms with van der Waals surface area (Å²) in [7, 11) is 2.12. The Labute approximate surface area is 145 Å². The average Bonchev–Trinajstić information content (AvgIpc) is 2.47. The zero-order chi connectivity index (χ0) is 17.0. The number of benzene rings is 2. The molecule has 0 aliphatic rings. The fourth-order valence-electron chi connectivity index (χ4n) is 2.58. The smallest absolute Gasteiger partial charge is 0.0406 e. The van der Waals surface area contributed by atoms with E-state index in [-0.39, 0.29) is 5.41 Å². The number of halogens is 1. The van der Waals surface area contributed by atoms with Crippen LogP contribution in [-0.4, -0.2) is 18.5 Å². The zero-order valence-electron chi connectivity index (χ0n) is 14.6. The number of nitrogens with zero attached hydrogens (tertiary/aromatic N) is 1. The third-order valence-electron chi connectivity index (χ3n) is 3.99. The highest BCUT2D eigenvalue weighted by Crippen LogP contribution is 2.23. The van der Waals surface area contributed by atoms with Gasteiger partial charge in [-0.25, -0.2) is 0 Å². The van der Waals surface area contributed by atoms with E-state index in [2.05, 4.69) is 63.6 Å². The van der Waals surface area contributed by atoms with Crippen LogP contribution in [0.3, 0.4) is 0 Å². The second-order valence-corrected chi connectivity index (χ2v) is 7.67. The molecule has 2 aromatic rings. The van der Waals surface area contributed by atoms with Crippen LogP contribution >= 0.6 is 11.6 Å². The third kappa shape index (κ3) is 5.23. The normalized spacial score (nSPS) is 11.7. The van der Waals surface area contributed by atoms with Gasteiger partial charge in [0.1, 0.15) is 0 Å². The van der Waals surface area contributed by atoms with Crippen molar-refractivity contribution in [1.82, 2.24) is 4.90 Å². The molecular formula is C21H26ClN. The summed E-state index contributed by atoms with van der Waals surface area (Å²) in [6.07, 6.45) is 0. The van der Waals surface area contributed by atoms with Gasteiger partial charge in [-0.15, -0.1) is 0 Å². The van der Waals surface area contributed by atoms with Crippen LogP contribution in [0.15, 0.2) is 55.1 Å². The van der Waals surface area contributed by atoms with Gasteiger partial charge in [0, 0.05) is 18.1 Å². The Morgan fingerprint density at radius 3 is 2.09 bits per heavy atom. The van der Waals surface area contributed by atoms with Crippen molar-refractivity contribution in [3.05, 3.63) is 76.8 Å². The molecule has 0 radical (unpaired) electrons. The Kier molecular flexibility index (Phi) is 5.67. The standard InChI is InChI=1S/C21H26ClN/c1-16(18-8-12-20(22)13-9-18)14-23(5)15-17-6-10-19(11-7-17)21(2,3)4/h6-13H,1,14-15H2,2-5H3. The molecular weight excluding hydrogens is 302 g/mol. The molecule has 0 aliphatic carbocycles. The molecule has 0 amide bonds. The van der Waals surface area contributed by atoms with Crippen LogP contribution in [0.5, 0.6) is 0 Å². The molecule has 0 bridgehead atoms. The van der Waals surface area contributed by atoms with Gasteiger partial charge in [0.2, 0.25) is 0 Å². The second-order valence-electron chi connectivity index (χ2n) is 7.23. The molecule has 0 atom stereocenters. The topological polar surface area (TPSA) is 3.24 Å². The van der Waals surface area contributed by atoms with Crippen LogP contribution in [0.2, 0.25) is 5.02 Å². The SMILES string of the molecule is C=C(CN(C)Cc1ccc(C(C)(C)C)cc1)c1ccc(Cl)cc1. The summed E-state index contributed by atoms with van der Waals surface area (Å²) in [6.45, 7) is 12.7. The average molecular weight is 328 g/mol. The quantitative estimate of drug-likeness (QED) is 0.672. The van der Waals surface area contributed by atoms with E-state index in [0.717, 1.165) is 29.2 Å². The van der Waals surface area contributed by atoms with E-state index in [1.165, 1.54) is 11.1 Å². The summed E-state index contributed by atoms with van der Waals surface area (Å²) in [6, 6.07) is 16.8. The largest absolute Gasteiger partial charge is 0.298 e. The molecule has 0 saturated heterocycles. The molecule has 0 aromatic heterocycles. The zero-order valence-corrected chi connectivity index (χ0v) is 15.3. The first-order valence-electron chi connectivity index (χ1n) is 7.97. The van der Waals surface area contributed by atoms with Crippen molar-refractivity contribution in [2.75, 3.05) is 13.6 Å². The van der Waals surface area contributed by atoms with Gasteiger partial charge in [0.05, 0.1) is 0 Å². The van der Waals surface area contributed by atoms with Gasteiger partial charge in [-0.3, -0.25) is 4.90 Å². The lowest BCUT2D eigenvalue weighted by Gasteiger charge is -2.21. The Bertz CT molecular complexity index is 648. The minimum Gasteiger partial charge on any atom is -0.298 e. The molecule has 2 heteroatoms. The highest BCUT2D eigenvalue weighted by molar-refractivity contribution is 6.30. The molecule has 0 spiro atoms. The fourth-order valence-corrected chi connectivity index (χ4v) is 2.71. The van der Waals surface area contributed by atoms with Gasteiger partial charge in [0.15, 0.2) is 0 Å². The molecule has 0 unspecified atom stereocenters. The van der Waals surface area contributed by atoms with Crippen LogP contribution < -0.4 is 0 Å². The molecule has 0 fully saturated rings. The maximum absolute atomic E-state index is 5.93. The van der Waals surface area contributed by atoms with Gasteiger partial charge in [-0.1, -0.05) is 75.3 Å². The molecule has 0 heterocycles. The first kappa shape index (κ1) is 17.8. The van der Waals surface area contributed by atoms with E-state index in [1.54, 1.807) is 0 Å². The molecule has 2 aromatic carbocycles. The van der Waals surface area contributed by atoms with Crippen LogP contribution in [0, 0.1) is 0 Å². The van der Waals surface area contributed by atoms with Crippen molar-refractivity contribution in [3.8, 4) is 0 Å². The van der Waals surface area contributed by atoms with Crippen molar-refractivity contribution in [3.63, 3.8) is 0 Å². The summed E-state index contributed by atoms with van der Waals surface area (Å²) in [5, 5.41) is 0.758. The van der Waals surface area contributed by atoms with Crippen LogP contribution in [0.1, 0.15) is 37.5 Å². The van der Waals surface area contributed by atoms with Gasteiger partial charge >= 0.3 is 0 Å². The highest BCUT2D eigenvalue weighted by Gasteiger charge is 2.13. The van der Waals surface area contributed by atoms with Crippen molar-refractivity contribution >= 4 is 17.2 Å². The summed E-state index contributed by atoms with van der Waals surface area (Å²) >= 11 is 5.93. The number of likely N-dealkylation sites (N-methyl/N-ethyl adjacent to an activating group) is 1. The second kappa shape index (κ2) is 7.33. The van der Waals surface area contributed by atoms with Crippen molar-refractivity contribution in [1.29, 1.82) is 0 Å². The van der Waals surface area contributed by atoms with Gasteiger partial charge < -0.3 is 0 Å². The first-order valence-corrected chi connectivity index (χ1v) is 8.35. The summed E-state index contributed by atoms with van der Waals surface area (Å²) in [5.41, 5.74) is 5.14. The summed E-state index contributed by atoms with van der Waals surface area (Å²) < 4.78 is 0. The Morgan fingerprint density at radius 1 is 1.00 bits per heavy atom.